The first-order valence-electron chi connectivity index (χ1n) is 11.8. The van der Waals surface area contributed by atoms with Crippen LogP contribution in [0.15, 0.2) is 96.2 Å². The van der Waals surface area contributed by atoms with Gasteiger partial charge in [-0.25, -0.2) is 8.42 Å². The molecular formula is C29H28N4O3S. The molecule has 8 heteroatoms. The minimum Gasteiger partial charge on any atom is -0.394 e. The summed E-state index contributed by atoms with van der Waals surface area (Å²) in [5, 5.41) is 20.1. The van der Waals surface area contributed by atoms with Crippen LogP contribution in [0, 0.1) is 11.3 Å². The molecule has 4 aromatic rings. The number of para-hydroxylation sites is 1. The number of aliphatic hydroxyl groups excluding tert-OH is 1. The molecule has 1 N–H and O–H groups in total. The number of rotatable bonds is 10. The molecule has 0 atom stereocenters. The highest BCUT2D eigenvalue weighted by Crippen LogP contribution is 2.31. The molecule has 0 saturated carbocycles. The number of hydrogen-bond donors (Lipinski definition) is 1. The van der Waals surface area contributed by atoms with E-state index in [-0.39, 0.29) is 18.0 Å². The summed E-state index contributed by atoms with van der Waals surface area (Å²) in [7, 11) is -2.01. The van der Waals surface area contributed by atoms with E-state index in [1.165, 1.54) is 4.31 Å². The second-order valence-electron chi connectivity index (χ2n) is 8.62. The number of anilines is 1. The summed E-state index contributed by atoms with van der Waals surface area (Å²) in [4.78, 5) is 6.35. The summed E-state index contributed by atoms with van der Waals surface area (Å²) < 4.78 is 29.1. The molecule has 0 radical (unpaired) electrons. The van der Waals surface area contributed by atoms with E-state index in [0.717, 1.165) is 16.5 Å². The largest absolute Gasteiger partial charge is 0.394 e. The van der Waals surface area contributed by atoms with Crippen LogP contribution in [0.25, 0.3) is 16.8 Å². The van der Waals surface area contributed by atoms with E-state index >= 15 is 0 Å². The van der Waals surface area contributed by atoms with E-state index in [0.29, 0.717) is 29.7 Å². The molecule has 3 aromatic carbocycles. The second-order valence-corrected chi connectivity index (χ2v) is 10.4. The molecule has 0 spiro atoms. The lowest BCUT2D eigenvalue weighted by molar-refractivity contribution is 0.306. The number of fused-ring (bicyclic) bond motifs is 1. The Balaban J connectivity index is 1.59. The van der Waals surface area contributed by atoms with Crippen molar-refractivity contribution in [1.82, 2.24) is 9.88 Å². The summed E-state index contributed by atoms with van der Waals surface area (Å²) in [5.74, 6) is 0. The maximum atomic E-state index is 13.9. The Kier molecular flexibility index (Phi) is 8.31. The van der Waals surface area contributed by atoms with E-state index < -0.39 is 10.0 Å². The lowest BCUT2D eigenvalue weighted by atomic mass is 10.1. The summed E-state index contributed by atoms with van der Waals surface area (Å²) in [6, 6.07) is 23.6. The van der Waals surface area contributed by atoms with E-state index in [1.54, 1.807) is 54.9 Å². The highest BCUT2D eigenvalue weighted by Gasteiger charge is 2.28. The van der Waals surface area contributed by atoms with Gasteiger partial charge in [0, 0.05) is 36.3 Å². The second kappa shape index (κ2) is 11.8. The predicted molar refractivity (Wildman–Crippen MR) is 146 cm³/mol. The quantitative estimate of drug-likeness (QED) is 0.337. The van der Waals surface area contributed by atoms with Crippen molar-refractivity contribution in [3.63, 3.8) is 0 Å². The van der Waals surface area contributed by atoms with Crippen molar-refractivity contribution in [2.24, 2.45) is 0 Å². The van der Waals surface area contributed by atoms with Gasteiger partial charge in [-0.05, 0) is 48.5 Å². The highest BCUT2D eigenvalue weighted by molar-refractivity contribution is 7.93. The molecule has 0 fully saturated rings. The van der Waals surface area contributed by atoms with Crippen molar-refractivity contribution in [1.29, 1.82) is 5.26 Å². The Bertz CT molecular complexity index is 1540. The molecule has 0 saturated heterocycles. The van der Waals surface area contributed by atoms with Crippen LogP contribution in [0.3, 0.4) is 0 Å². The average molecular weight is 513 g/mol. The van der Waals surface area contributed by atoms with Gasteiger partial charge in [0.05, 0.1) is 35.4 Å². The minimum absolute atomic E-state index is 0.0663. The van der Waals surface area contributed by atoms with Crippen LogP contribution in [-0.4, -0.2) is 50.2 Å². The van der Waals surface area contributed by atoms with Crippen molar-refractivity contribution in [3.8, 4) is 6.07 Å². The van der Waals surface area contributed by atoms with Gasteiger partial charge in [0.15, 0.2) is 0 Å². The lowest BCUT2D eigenvalue weighted by Crippen LogP contribution is -2.35. The number of pyridine rings is 1. The van der Waals surface area contributed by atoms with E-state index in [9.17, 15) is 13.5 Å². The van der Waals surface area contributed by atoms with Gasteiger partial charge >= 0.3 is 0 Å². The Labute approximate surface area is 217 Å². The van der Waals surface area contributed by atoms with Crippen LogP contribution in [-0.2, 0) is 16.6 Å². The van der Waals surface area contributed by atoms with Crippen LogP contribution in [0.2, 0.25) is 0 Å². The Morgan fingerprint density at radius 1 is 1.03 bits per heavy atom. The molecule has 0 aliphatic carbocycles. The zero-order valence-electron chi connectivity index (χ0n) is 20.5. The number of likely N-dealkylation sites (N-methyl/N-ethyl adjacent to an activating group) is 1. The maximum Gasteiger partial charge on any atom is 0.265 e. The summed E-state index contributed by atoms with van der Waals surface area (Å²) in [6.45, 7) is 0.758. The van der Waals surface area contributed by atoms with Crippen LogP contribution < -0.4 is 4.31 Å². The fraction of sp³-hybridized carbons (Fsp3) is 0.172. The maximum absolute atomic E-state index is 13.9. The predicted octanol–water partition coefficient (Wildman–Crippen LogP) is 4.44. The lowest BCUT2D eigenvalue weighted by Gasteiger charge is -2.28. The molecule has 7 nitrogen and oxygen atoms in total. The number of sulfonamides is 1. The molecule has 0 aliphatic rings. The third kappa shape index (κ3) is 6.04. The van der Waals surface area contributed by atoms with Crippen LogP contribution in [0.1, 0.15) is 16.7 Å². The molecule has 1 heterocycles. The van der Waals surface area contributed by atoms with Gasteiger partial charge in [0.2, 0.25) is 0 Å². The van der Waals surface area contributed by atoms with Crippen molar-refractivity contribution < 1.29 is 13.5 Å². The van der Waals surface area contributed by atoms with Crippen molar-refractivity contribution in [3.05, 3.63) is 108 Å². The van der Waals surface area contributed by atoms with Gasteiger partial charge in [-0.2, -0.15) is 5.26 Å². The molecular weight excluding hydrogens is 484 g/mol. The van der Waals surface area contributed by atoms with Gasteiger partial charge in [0.1, 0.15) is 0 Å². The van der Waals surface area contributed by atoms with E-state index in [2.05, 4.69) is 16.0 Å². The topological polar surface area (TPSA) is 97.5 Å². The van der Waals surface area contributed by atoms with Gasteiger partial charge in [-0.3, -0.25) is 14.2 Å². The van der Waals surface area contributed by atoms with Gasteiger partial charge in [0.25, 0.3) is 10.0 Å². The number of hydrogen-bond acceptors (Lipinski definition) is 6. The molecule has 1 aromatic heterocycles. The molecule has 0 aliphatic heterocycles. The Hall–Kier alpha value is -4.03. The molecule has 0 bridgehead atoms. The van der Waals surface area contributed by atoms with Gasteiger partial charge in [-0.15, -0.1) is 0 Å². The third-order valence-electron chi connectivity index (χ3n) is 5.98. The van der Waals surface area contributed by atoms with Crippen molar-refractivity contribution in [2.45, 2.75) is 11.4 Å². The van der Waals surface area contributed by atoms with Gasteiger partial charge in [-0.1, -0.05) is 54.6 Å². The summed E-state index contributed by atoms with van der Waals surface area (Å²) >= 11 is 0. The number of aliphatic hydroxyl groups is 1. The zero-order valence-corrected chi connectivity index (χ0v) is 21.3. The Morgan fingerprint density at radius 3 is 2.57 bits per heavy atom. The molecule has 0 unspecified atom stereocenters. The molecule has 188 valence electrons. The summed E-state index contributed by atoms with van der Waals surface area (Å²) in [5.41, 5.74) is 2.98. The summed E-state index contributed by atoms with van der Waals surface area (Å²) in [6.07, 6.45) is 7.23. The molecule has 37 heavy (non-hydrogen) atoms. The van der Waals surface area contributed by atoms with Crippen LogP contribution >= 0.6 is 0 Å². The van der Waals surface area contributed by atoms with E-state index in [4.69, 9.17) is 5.26 Å². The average Bonchev–Trinajstić information content (AvgIpc) is 2.92. The Morgan fingerprint density at radius 2 is 1.81 bits per heavy atom. The number of aromatic nitrogens is 1. The van der Waals surface area contributed by atoms with Gasteiger partial charge < -0.3 is 5.11 Å². The van der Waals surface area contributed by atoms with Crippen molar-refractivity contribution in [2.75, 3.05) is 31.0 Å². The first kappa shape index (κ1) is 26.0. The molecule has 4 rings (SSSR count). The monoisotopic (exact) mass is 512 g/mol. The van der Waals surface area contributed by atoms with Crippen LogP contribution in [0.4, 0.5) is 5.69 Å². The zero-order chi connectivity index (χ0) is 26.3. The number of benzene rings is 3. The fourth-order valence-corrected chi connectivity index (χ4v) is 5.89. The van der Waals surface area contributed by atoms with Crippen LogP contribution in [0.5, 0.6) is 0 Å². The first-order chi connectivity index (χ1) is 17.9. The third-order valence-corrected chi connectivity index (χ3v) is 7.85. The highest BCUT2D eigenvalue weighted by atomic mass is 32.2. The standard InChI is InChI=1S/C29H28N4O3S/c1-32(17-5-6-23-11-13-24(20-30)14-12-23)22-26-7-2-3-9-28(26)33(18-19-34)37(35,36)29-10-4-8-25-21-31-16-15-27(25)29/h2-16,21,34H,17-19,22H2,1H3/b6-5+. The minimum atomic E-state index is -3.97. The smallest absolute Gasteiger partial charge is 0.265 e. The SMILES string of the molecule is CN(C/C=C/c1ccc(C#N)cc1)Cc1ccccc1N(CCO)S(=O)(=O)c1cccc2cnccc12. The van der Waals surface area contributed by atoms with Crippen molar-refractivity contribution >= 4 is 32.6 Å². The first-order valence-corrected chi connectivity index (χ1v) is 13.3. The fourth-order valence-electron chi connectivity index (χ4n) is 4.18. The van der Waals surface area contributed by atoms with E-state index in [1.807, 2.05) is 49.5 Å². The number of nitrogens with zero attached hydrogens (tertiary/aromatic N) is 4. The normalized spacial score (nSPS) is 11.7. The number of nitriles is 1. The molecule has 0 amide bonds.